The van der Waals surface area contributed by atoms with Gasteiger partial charge in [-0.3, -0.25) is 37.3 Å². The summed E-state index contributed by atoms with van der Waals surface area (Å²) < 4.78 is 68.7. The highest BCUT2D eigenvalue weighted by Crippen LogP contribution is 2.45. The molecule has 0 aromatic carbocycles. The normalized spacial score (nSPS) is 14.6. The number of esters is 4. The lowest BCUT2D eigenvalue weighted by Gasteiger charge is -2.21. The van der Waals surface area contributed by atoms with Crippen molar-refractivity contribution in [3.8, 4) is 0 Å². The molecule has 594 valence electrons. The summed E-state index contributed by atoms with van der Waals surface area (Å²) in [5, 5.41) is 10.6. The highest BCUT2D eigenvalue weighted by molar-refractivity contribution is 7.47. The first kappa shape index (κ1) is 98.1. The van der Waals surface area contributed by atoms with E-state index in [1.807, 2.05) is 0 Å². The van der Waals surface area contributed by atoms with Gasteiger partial charge in [0.15, 0.2) is 12.2 Å². The fourth-order valence-corrected chi connectivity index (χ4v) is 13.9. The molecule has 0 aromatic heterocycles. The Morgan fingerprint density at radius 2 is 0.480 bits per heavy atom. The van der Waals surface area contributed by atoms with E-state index >= 15 is 0 Å². The van der Waals surface area contributed by atoms with E-state index in [0.29, 0.717) is 25.7 Å². The number of carbonyl (C=O) groups is 4. The zero-order valence-corrected chi connectivity index (χ0v) is 67.6. The highest BCUT2D eigenvalue weighted by Gasteiger charge is 2.30. The zero-order chi connectivity index (χ0) is 73.8. The molecule has 7 atom stereocenters. The van der Waals surface area contributed by atoms with Crippen LogP contribution in [0.4, 0.5) is 0 Å². The smallest absolute Gasteiger partial charge is 0.462 e. The Morgan fingerprint density at radius 3 is 0.710 bits per heavy atom. The SMILES string of the molecule is CCC(C)CCCCCCCCCCCCCCCCC(=O)O[C@H](COC(=O)CCCCCCCCCCCCCC(C)C)COP(=O)(O)OC[C@@H](O)COP(=O)(O)OC[C@@H](COC(=O)CCCCCCCCC(C)CC)OC(=O)CCCCCCCCCCCCCCCCCC(C)C. The van der Waals surface area contributed by atoms with Gasteiger partial charge < -0.3 is 33.8 Å². The second-order valence-corrected chi connectivity index (χ2v) is 33.5. The summed E-state index contributed by atoms with van der Waals surface area (Å²) in [6.45, 7) is 14.3. The van der Waals surface area contributed by atoms with E-state index in [4.69, 9.17) is 37.0 Å². The van der Waals surface area contributed by atoms with Gasteiger partial charge >= 0.3 is 39.5 Å². The lowest BCUT2D eigenvalue weighted by molar-refractivity contribution is -0.161. The molecular formula is C81H158O17P2. The maximum absolute atomic E-state index is 13.1. The lowest BCUT2D eigenvalue weighted by atomic mass is 9.99. The average molecular weight is 1470 g/mol. The maximum Gasteiger partial charge on any atom is 0.472 e. The summed E-state index contributed by atoms with van der Waals surface area (Å²) in [7, 11) is -9.92. The van der Waals surface area contributed by atoms with Crippen LogP contribution in [0.2, 0.25) is 0 Å². The summed E-state index contributed by atoms with van der Waals surface area (Å²) >= 11 is 0. The first-order chi connectivity index (χ1) is 48.2. The van der Waals surface area contributed by atoms with Crippen LogP contribution in [0.25, 0.3) is 0 Å². The molecule has 0 aliphatic heterocycles. The van der Waals surface area contributed by atoms with E-state index in [2.05, 4.69) is 55.4 Å². The number of hydrogen-bond acceptors (Lipinski definition) is 15. The molecule has 0 bridgehead atoms. The number of phosphoric acid groups is 2. The minimum Gasteiger partial charge on any atom is -0.462 e. The van der Waals surface area contributed by atoms with Crippen molar-refractivity contribution in [2.45, 2.75) is 433 Å². The van der Waals surface area contributed by atoms with Gasteiger partial charge in [0, 0.05) is 25.7 Å². The van der Waals surface area contributed by atoms with Crippen molar-refractivity contribution in [3.63, 3.8) is 0 Å². The van der Waals surface area contributed by atoms with E-state index in [1.165, 1.54) is 212 Å². The number of hydrogen-bond donors (Lipinski definition) is 3. The molecule has 4 unspecified atom stereocenters. The minimum absolute atomic E-state index is 0.107. The Kier molecular flexibility index (Phi) is 68.7. The molecule has 0 spiro atoms. The van der Waals surface area contributed by atoms with Gasteiger partial charge in [-0.2, -0.15) is 0 Å². The van der Waals surface area contributed by atoms with Crippen molar-refractivity contribution in [1.29, 1.82) is 0 Å². The van der Waals surface area contributed by atoms with Gasteiger partial charge in [-0.25, -0.2) is 9.13 Å². The largest absolute Gasteiger partial charge is 0.472 e. The molecule has 0 heterocycles. The molecule has 100 heavy (non-hydrogen) atoms. The number of aliphatic hydroxyl groups is 1. The number of rotatable bonds is 78. The average Bonchev–Trinajstić information content (AvgIpc) is 0.951. The predicted octanol–water partition coefficient (Wildman–Crippen LogP) is 24.0. The molecule has 0 rings (SSSR count). The van der Waals surface area contributed by atoms with Crippen LogP contribution >= 0.6 is 15.6 Å². The Labute approximate surface area is 613 Å². The van der Waals surface area contributed by atoms with Gasteiger partial charge in [-0.05, 0) is 49.4 Å². The summed E-state index contributed by atoms with van der Waals surface area (Å²) in [5.74, 6) is 1.04. The molecule has 19 heteroatoms. The quantitative estimate of drug-likeness (QED) is 0.0222. The number of carbonyl (C=O) groups excluding carboxylic acids is 4. The Morgan fingerprint density at radius 1 is 0.280 bits per heavy atom. The summed E-state index contributed by atoms with van der Waals surface area (Å²) in [6.07, 6.45) is 56.8. The third-order valence-corrected chi connectivity index (χ3v) is 21.4. The van der Waals surface area contributed by atoms with E-state index in [1.54, 1.807) is 0 Å². The second kappa shape index (κ2) is 70.1. The van der Waals surface area contributed by atoms with Crippen molar-refractivity contribution in [1.82, 2.24) is 0 Å². The molecule has 3 N–H and O–H groups in total. The van der Waals surface area contributed by atoms with E-state index in [9.17, 15) is 43.2 Å². The maximum atomic E-state index is 13.1. The van der Waals surface area contributed by atoms with Crippen molar-refractivity contribution in [3.05, 3.63) is 0 Å². The highest BCUT2D eigenvalue weighted by atomic mass is 31.2. The molecule has 0 saturated heterocycles. The van der Waals surface area contributed by atoms with Crippen molar-refractivity contribution < 1.29 is 80.2 Å². The topological polar surface area (TPSA) is 237 Å². The molecular weight excluding hydrogens is 1310 g/mol. The van der Waals surface area contributed by atoms with Gasteiger partial charge in [0.2, 0.25) is 0 Å². The van der Waals surface area contributed by atoms with E-state index < -0.39 is 97.5 Å². The van der Waals surface area contributed by atoms with Crippen LogP contribution in [0, 0.1) is 23.7 Å². The van der Waals surface area contributed by atoms with Crippen LogP contribution in [0.1, 0.15) is 415 Å². The van der Waals surface area contributed by atoms with E-state index in [0.717, 1.165) is 120 Å². The number of ether oxygens (including phenoxy) is 4. The molecule has 0 radical (unpaired) electrons. The number of phosphoric ester groups is 2. The van der Waals surface area contributed by atoms with Gasteiger partial charge in [-0.15, -0.1) is 0 Å². The molecule has 0 amide bonds. The Hall–Kier alpha value is -1.94. The van der Waals surface area contributed by atoms with Crippen molar-refractivity contribution in [2.75, 3.05) is 39.6 Å². The van der Waals surface area contributed by atoms with Crippen LogP contribution in [-0.4, -0.2) is 96.7 Å². The third-order valence-electron chi connectivity index (χ3n) is 19.5. The zero-order valence-electron chi connectivity index (χ0n) is 65.8. The van der Waals surface area contributed by atoms with Gasteiger partial charge in [0.05, 0.1) is 26.4 Å². The number of unbranched alkanes of at least 4 members (excludes halogenated alkanes) is 42. The van der Waals surface area contributed by atoms with Gasteiger partial charge in [-0.1, -0.05) is 364 Å². The summed E-state index contributed by atoms with van der Waals surface area (Å²) in [4.78, 5) is 73.0. The monoisotopic (exact) mass is 1470 g/mol. The standard InChI is InChI=1S/C81H158O17P2/c1-9-73(7)59-51-43-35-29-23-17-14-15-19-25-32-38-48-56-63-80(85)97-76(67-91-78(83)61-53-45-36-30-26-20-22-28-34-42-50-58-72(5)6)69-95-99(87,88)93-65-75(82)66-94-100(89,90)96-70-77(68-92-79(84)62-54-46-40-39-44-52-60-74(8)10-2)98-81(86)64-55-47-37-31-24-18-13-11-12-16-21-27-33-41-49-57-71(3)4/h71-77,82H,9-70H2,1-8H3,(H,87,88)(H,89,90)/t73?,74?,75-,76-,77-/m1/s1. The first-order valence-electron chi connectivity index (χ1n) is 41.8. The Bertz CT molecular complexity index is 1960. The van der Waals surface area contributed by atoms with Crippen LogP contribution < -0.4 is 0 Å². The first-order valence-corrected chi connectivity index (χ1v) is 44.8. The molecule has 0 aliphatic rings. The van der Waals surface area contributed by atoms with Crippen LogP contribution in [0.15, 0.2) is 0 Å². The van der Waals surface area contributed by atoms with E-state index in [-0.39, 0.29) is 25.7 Å². The van der Waals surface area contributed by atoms with Crippen LogP contribution in [0.5, 0.6) is 0 Å². The molecule has 0 fully saturated rings. The molecule has 0 aliphatic carbocycles. The Balaban J connectivity index is 5.24. The van der Waals surface area contributed by atoms with Crippen LogP contribution in [0.3, 0.4) is 0 Å². The number of aliphatic hydroxyl groups excluding tert-OH is 1. The predicted molar refractivity (Wildman–Crippen MR) is 409 cm³/mol. The van der Waals surface area contributed by atoms with Gasteiger partial charge in [0.1, 0.15) is 19.3 Å². The minimum atomic E-state index is -4.96. The van der Waals surface area contributed by atoms with Crippen molar-refractivity contribution in [2.24, 2.45) is 23.7 Å². The fraction of sp³-hybridized carbons (Fsp3) is 0.951. The lowest BCUT2D eigenvalue weighted by Crippen LogP contribution is -2.30. The summed E-state index contributed by atoms with van der Waals surface area (Å²) in [6, 6.07) is 0. The fourth-order valence-electron chi connectivity index (χ4n) is 12.4. The second-order valence-electron chi connectivity index (χ2n) is 30.6. The van der Waals surface area contributed by atoms with Crippen LogP contribution in [-0.2, 0) is 65.4 Å². The van der Waals surface area contributed by atoms with Gasteiger partial charge in [0.25, 0.3) is 0 Å². The molecule has 0 aromatic rings. The molecule has 17 nitrogen and oxygen atoms in total. The summed E-state index contributed by atoms with van der Waals surface area (Å²) in [5.41, 5.74) is 0. The van der Waals surface area contributed by atoms with Crippen molar-refractivity contribution >= 4 is 39.5 Å². The third kappa shape index (κ3) is 71.7. The molecule has 0 saturated carbocycles.